The van der Waals surface area contributed by atoms with Crippen molar-refractivity contribution in [3.63, 3.8) is 0 Å². The Bertz CT molecular complexity index is 793. The number of carbonyl (C=O) groups is 3. The number of hydrogen-bond donors (Lipinski definition) is 1. The fourth-order valence-corrected chi connectivity index (χ4v) is 4.86. The number of nitrogens with zero attached hydrogens (tertiary/aromatic N) is 2. The Morgan fingerprint density at radius 1 is 1.25 bits per heavy atom. The topological polar surface area (TPSA) is 69.7 Å². The lowest BCUT2D eigenvalue weighted by molar-refractivity contribution is -0.140. The first kappa shape index (κ1) is 20.3. The van der Waals surface area contributed by atoms with Gasteiger partial charge in [0, 0.05) is 13.6 Å². The van der Waals surface area contributed by atoms with Crippen LogP contribution in [0.2, 0.25) is 0 Å². The van der Waals surface area contributed by atoms with Crippen LogP contribution in [0.5, 0.6) is 0 Å². The van der Waals surface area contributed by atoms with E-state index in [0.717, 1.165) is 16.9 Å². The van der Waals surface area contributed by atoms with E-state index in [-0.39, 0.29) is 36.1 Å². The lowest BCUT2D eigenvalue weighted by Crippen LogP contribution is -2.54. The van der Waals surface area contributed by atoms with Gasteiger partial charge in [0.15, 0.2) is 0 Å². The Labute approximate surface area is 165 Å². The van der Waals surface area contributed by atoms with Crippen molar-refractivity contribution in [2.75, 3.05) is 13.6 Å². The van der Waals surface area contributed by atoms with E-state index in [2.05, 4.69) is 26.1 Å². The molecule has 1 saturated carbocycles. The normalized spacial score (nSPS) is 26.5. The van der Waals surface area contributed by atoms with E-state index in [0.29, 0.717) is 18.8 Å². The van der Waals surface area contributed by atoms with Crippen molar-refractivity contribution in [3.05, 3.63) is 35.6 Å². The van der Waals surface area contributed by atoms with Gasteiger partial charge >= 0.3 is 6.03 Å². The summed E-state index contributed by atoms with van der Waals surface area (Å²) in [5, 5.41) is 2.88. The van der Waals surface area contributed by atoms with Crippen LogP contribution >= 0.6 is 0 Å². The minimum Gasteiger partial charge on any atom is -0.340 e. The zero-order valence-electron chi connectivity index (χ0n) is 16.9. The van der Waals surface area contributed by atoms with Crippen LogP contribution in [0.15, 0.2) is 24.3 Å². The number of likely N-dealkylation sites (N-methyl/N-ethyl adjacent to an activating group) is 1. The summed E-state index contributed by atoms with van der Waals surface area (Å²) in [5.41, 5.74) is -0.192. The Hall–Kier alpha value is -2.44. The van der Waals surface area contributed by atoms with E-state index in [1.165, 1.54) is 17.0 Å². The Morgan fingerprint density at radius 3 is 2.50 bits per heavy atom. The summed E-state index contributed by atoms with van der Waals surface area (Å²) in [4.78, 5) is 40.7. The van der Waals surface area contributed by atoms with E-state index in [1.54, 1.807) is 19.2 Å². The molecule has 1 saturated heterocycles. The number of hydrogen-bond acceptors (Lipinski definition) is 3. The zero-order valence-corrected chi connectivity index (χ0v) is 16.9. The van der Waals surface area contributed by atoms with Gasteiger partial charge < -0.3 is 10.2 Å². The molecule has 152 valence electrons. The highest BCUT2D eigenvalue weighted by Gasteiger charge is 2.56. The van der Waals surface area contributed by atoms with Crippen LogP contribution < -0.4 is 5.32 Å². The molecule has 2 atom stereocenters. The predicted molar refractivity (Wildman–Crippen MR) is 103 cm³/mol. The third kappa shape index (κ3) is 4.03. The van der Waals surface area contributed by atoms with E-state index < -0.39 is 11.6 Å². The van der Waals surface area contributed by atoms with E-state index >= 15 is 0 Å². The molecule has 0 aromatic heterocycles. The minimum atomic E-state index is -0.909. The molecule has 4 amide bonds. The zero-order chi connectivity index (χ0) is 20.7. The second-order valence-electron chi connectivity index (χ2n) is 9.13. The van der Waals surface area contributed by atoms with E-state index in [4.69, 9.17) is 0 Å². The lowest BCUT2D eigenvalue weighted by atomic mass is 9.64. The molecule has 2 unspecified atom stereocenters. The van der Waals surface area contributed by atoms with Gasteiger partial charge in [-0.3, -0.25) is 14.5 Å². The summed E-state index contributed by atoms with van der Waals surface area (Å²) in [6.07, 6.45) is 2.17. The number of carbonyl (C=O) groups excluding carboxylic acids is 3. The molecule has 1 heterocycles. The van der Waals surface area contributed by atoms with Crippen LogP contribution in [0, 0.1) is 17.2 Å². The molecule has 2 aliphatic rings. The van der Waals surface area contributed by atoms with Gasteiger partial charge in [0.05, 0.1) is 0 Å². The largest absolute Gasteiger partial charge is 0.340 e. The number of halogens is 1. The van der Waals surface area contributed by atoms with Gasteiger partial charge in [-0.15, -0.1) is 0 Å². The van der Waals surface area contributed by atoms with Crippen LogP contribution in [-0.4, -0.2) is 46.8 Å². The molecule has 3 rings (SSSR count). The van der Waals surface area contributed by atoms with E-state index in [1.807, 2.05) is 0 Å². The van der Waals surface area contributed by atoms with Crippen LogP contribution in [0.4, 0.5) is 9.18 Å². The number of amides is 4. The maximum absolute atomic E-state index is 13.1. The highest BCUT2D eigenvalue weighted by atomic mass is 19.1. The molecule has 6 nitrogen and oxygen atoms in total. The maximum atomic E-state index is 13.1. The molecule has 0 radical (unpaired) electrons. The predicted octanol–water partition coefficient (Wildman–Crippen LogP) is 2.92. The monoisotopic (exact) mass is 389 g/mol. The molecular weight excluding hydrogens is 361 g/mol. The summed E-state index contributed by atoms with van der Waals surface area (Å²) in [7, 11) is 1.60. The summed E-state index contributed by atoms with van der Waals surface area (Å²) < 4.78 is 13.0. The molecule has 2 fully saturated rings. The number of imide groups is 1. The molecule has 1 spiro atoms. The average molecular weight is 389 g/mol. The van der Waals surface area contributed by atoms with Crippen molar-refractivity contribution < 1.29 is 18.8 Å². The molecule has 1 aromatic rings. The van der Waals surface area contributed by atoms with Gasteiger partial charge in [0.1, 0.15) is 17.9 Å². The molecule has 7 heteroatoms. The first-order valence-electron chi connectivity index (χ1n) is 9.64. The van der Waals surface area contributed by atoms with Gasteiger partial charge in [-0.1, -0.05) is 32.9 Å². The minimum absolute atomic E-state index is 0.0556. The first-order chi connectivity index (χ1) is 13.0. The lowest BCUT2D eigenvalue weighted by Gasteiger charge is -2.43. The van der Waals surface area contributed by atoms with Crippen molar-refractivity contribution in [1.82, 2.24) is 15.1 Å². The van der Waals surface area contributed by atoms with Crippen LogP contribution in [0.1, 0.15) is 45.6 Å². The summed E-state index contributed by atoms with van der Waals surface area (Å²) >= 11 is 0. The molecule has 0 bridgehead atoms. The molecule has 1 N–H and O–H groups in total. The van der Waals surface area contributed by atoms with Crippen molar-refractivity contribution in [2.24, 2.45) is 11.3 Å². The Kier molecular flexibility index (Phi) is 5.21. The Morgan fingerprint density at radius 2 is 1.89 bits per heavy atom. The van der Waals surface area contributed by atoms with Crippen LogP contribution in [-0.2, 0) is 16.1 Å². The van der Waals surface area contributed by atoms with E-state index in [9.17, 15) is 18.8 Å². The molecule has 28 heavy (non-hydrogen) atoms. The fraction of sp³-hybridized carbons (Fsp3) is 0.571. The van der Waals surface area contributed by atoms with Crippen molar-refractivity contribution in [2.45, 2.75) is 52.1 Å². The second kappa shape index (κ2) is 7.18. The van der Waals surface area contributed by atoms with Gasteiger partial charge in [0.25, 0.3) is 5.91 Å². The van der Waals surface area contributed by atoms with Gasteiger partial charge in [0.2, 0.25) is 5.91 Å². The third-order valence-electron chi connectivity index (χ3n) is 5.68. The fourth-order valence-electron chi connectivity index (χ4n) is 4.86. The summed E-state index contributed by atoms with van der Waals surface area (Å²) in [5.74, 6) is -0.676. The molecule has 1 aliphatic heterocycles. The third-order valence-corrected chi connectivity index (χ3v) is 5.68. The molecular formula is C21H28FN3O3. The number of rotatable bonds is 4. The standard InChI is InChI=1S/C21H28FN3O3/c1-14-9-20(2,3)13-21(10-14)18(27)25(19(28)23-21)12-17(26)24(4)11-15-5-7-16(22)8-6-15/h5-8,14H,9-13H2,1-4H3,(H,23,28). The summed E-state index contributed by atoms with van der Waals surface area (Å²) in [6.45, 7) is 6.28. The number of urea groups is 1. The quantitative estimate of drug-likeness (QED) is 0.805. The van der Waals surface area contributed by atoms with Crippen LogP contribution in [0.25, 0.3) is 0 Å². The first-order valence-corrected chi connectivity index (χ1v) is 9.64. The number of nitrogens with one attached hydrogen (secondary N) is 1. The molecule has 1 aromatic carbocycles. The van der Waals surface area contributed by atoms with Crippen molar-refractivity contribution in [1.29, 1.82) is 0 Å². The maximum Gasteiger partial charge on any atom is 0.325 e. The smallest absolute Gasteiger partial charge is 0.325 e. The second-order valence-corrected chi connectivity index (χ2v) is 9.13. The number of benzene rings is 1. The summed E-state index contributed by atoms with van der Waals surface area (Å²) in [6, 6.07) is 5.38. The highest BCUT2D eigenvalue weighted by molar-refractivity contribution is 6.09. The van der Waals surface area contributed by atoms with Gasteiger partial charge in [-0.25, -0.2) is 9.18 Å². The van der Waals surface area contributed by atoms with Crippen molar-refractivity contribution >= 4 is 17.8 Å². The average Bonchev–Trinajstić information content (AvgIpc) is 2.78. The highest BCUT2D eigenvalue weighted by Crippen LogP contribution is 2.46. The SMILES string of the molecule is CC1CC(C)(C)CC2(C1)NC(=O)N(CC(=O)N(C)Cc1ccc(F)cc1)C2=O. The van der Waals surface area contributed by atoms with Gasteiger partial charge in [-0.2, -0.15) is 0 Å². The van der Waals surface area contributed by atoms with Crippen LogP contribution in [0.3, 0.4) is 0 Å². The van der Waals surface area contributed by atoms with Crippen molar-refractivity contribution in [3.8, 4) is 0 Å². The Balaban J connectivity index is 1.68. The van der Waals surface area contributed by atoms with Gasteiger partial charge in [-0.05, 0) is 48.3 Å². The molecule has 1 aliphatic carbocycles.